The summed E-state index contributed by atoms with van der Waals surface area (Å²) in [4.78, 5) is 4.13. The van der Waals surface area contributed by atoms with Crippen LogP contribution in [0.2, 0.25) is 0 Å². The third-order valence-electron chi connectivity index (χ3n) is 1.51. The maximum atomic E-state index is 9.11. The number of nitrogens with zero attached hydrogens (tertiary/aromatic N) is 1. The van der Waals surface area contributed by atoms with E-state index in [1.165, 1.54) is 11.8 Å². The minimum atomic E-state index is -0.712. The Balaban J connectivity index is 2.50. The van der Waals surface area contributed by atoms with Crippen LogP contribution in [-0.4, -0.2) is 33.7 Å². The number of hydrogen-bond donors (Lipinski definition) is 4. The highest BCUT2D eigenvalue weighted by Crippen LogP contribution is 2.17. The SMILES string of the molecule is NNc1cccc(SCC(O)CO)n1. The van der Waals surface area contributed by atoms with E-state index in [0.29, 0.717) is 11.6 Å². The van der Waals surface area contributed by atoms with Gasteiger partial charge in [0.2, 0.25) is 0 Å². The van der Waals surface area contributed by atoms with Crippen molar-refractivity contribution in [1.82, 2.24) is 4.98 Å². The van der Waals surface area contributed by atoms with Crippen LogP contribution < -0.4 is 11.3 Å². The van der Waals surface area contributed by atoms with E-state index >= 15 is 0 Å². The van der Waals surface area contributed by atoms with Crippen molar-refractivity contribution in [3.05, 3.63) is 18.2 Å². The Bertz CT molecular complexity index is 285. The average molecular weight is 215 g/mol. The number of pyridine rings is 1. The molecule has 14 heavy (non-hydrogen) atoms. The lowest BCUT2D eigenvalue weighted by Crippen LogP contribution is -2.14. The molecule has 0 aliphatic rings. The van der Waals surface area contributed by atoms with Gasteiger partial charge >= 0.3 is 0 Å². The standard InChI is InChI=1S/C8H13N3O2S/c9-11-7-2-1-3-8(10-7)14-5-6(13)4-12/h1-3,6,12-13H,4-5,9H2,(H,10,11). The van der Waals surface area contributed by atoms with E-state index in [-0.39, 0.29) is 6.61 Å². The lowest BCUT2D eigenvalue weighted by atomic mass is 10.4. The molecule has 1 unspecified atom stereocenters. The molecule has 0 aliphatic heterocycles. The fraction of sp³-hybridized carbons (Fsp3) is 0.375. The van der Waals surface area contributed by atoms with E-state index in [1.807, 2.05) is 12.1 Å². The first-order chi connectivity index (χ1) is 6.76. The van der Waals surface area contributed by atoms with Crippen LogP contribution in [0.15, 0.2) is 23.2 Å². The first kappa shape index (κ1) is 11.3. The molecule has 0 saturated heterocycles. The molecule has 78 valence electrons. The summed E-state index contributed by atoms with van der Waals surface area (Å²) >= 11 is 1.37. The fourth-order valence-corrected chi connectivity index (χ4v) is 1.62. The Kier molecular flexibility index (Phi) is 4.68. The zero-order chi connectivity index (χ0) is 10.4. The molecule has 0 aliphatic carbocycles. The monoisotopic (exact) mass is 215 g/mol. The van der Waals surface area contributed by atoms with Gasteiger partial charge in [-0.2, -0.15) is 0 Å². The zero-order valence-electron chi connectivity index (χ0n) is 7.55. The van der Waals surface area contributed by atoms with Gasteiger partial charge in [-0.15, -0.1) is 11.8 Å². The smallest absolute Gasteiger partial charge is 0.141 e. The normalized spacial score (nSPS) is 12.5. The van der Waals surface area contributed by atoms with Crippen molar-refractivity contribution in [2.45, 2.75) is 11.1 Å². The van der Waals surface area contributed by atoms with Crippen molar-refractivity contribution in [3.63, 3.8) is 0 Å². The number of aliphatic hydroxyl groups excluding tert-OH is 2. The molecule has 1 rings (SSSR count). The van der Waals surface area contributed by atoms with E-state index in [0.717, 1.165) is 5.03 Å². The van der Waals surface area contributed by atoms with Gasteiger partial charge in [0.05, 0.1) is 17.7 Å². The summed E-state index contributed by atoms with van der Waals surface area (Å²) in [6.45, 7) is -0.234. The highest BCUT2D eigenvalue weighted by Gasteiger charge is 2.04. The van der Waals surface area contributed by atoms with Crippen LogP contribution in [0.5, 0.6) is 0 Å². The second-order valence-electron chi connectivity index (χ2n) is 2.65. The van der Waals surface area contributed by atoms with Gasteiger partial charge in [0.15, 0.2) is 0 Å². The number of nitrogens with two attached hydrogens (primary N) is 1. The Morgan fingerprint density at radius 1 is 1.57 bits per heavy atom. The lowest BCUT2D eigenvalue weighted by molar-refractivity contribution is 0.113. The average Bonchev–Trinajstić information content (AvgIpc) is 2.26. The zero-order valence-corrected chi connectivity index (χ0v) is 8.37. The molecule has 5 N–H and O–H groups in total. The number of hydrazine groups is 1. The second-order valence-corrected chi connectivity index (χ2v) is 3.69. The van der Waals surface area contributed by atoms with Crippen molar-refractivity contribution in [1.29, 1.82) is 0 Å². The van der Waals surface area contributed by atoms with Crippen LogP contribution >= 0.6 is 11.8 Å². The first-order valence-corrected chi connectivity index (χ1v) is 5.10. The first-order valence-electron chi connectivity index (χ1n) is 4.11. The van der Waals surface area contributed by atoms with Gasteiger partial charge in [0, 0.05) is 5.75 Å². The largest absolute Gasteiger partial charge is 0.394 e. The summed E-state index contributed by atoms with van der Waals surface area (Å²) in [5.74, 6) is 6.18. The van der Waals surface area contributed by atoms with Crippen LogP contribution in [0.25, 0.3) is 0 Å². The molecule has 1 aromatic rings. The topological polar surface area (TPSA) is 91.4 Å². The minimum Gasteiger partial charge on any atom is -0.394 e. The minimum absolute atomic E-state index is 0.234. The molecule has 0 amide bonds. The summed E-state index contributed by atoms with van der Waals surface area (Å²) in [5, 5.41) is 18.5. The number of rotatable bonds is 5. The highest BCUT2D eigenvalue weighted by atomic mass is 32.2. The molecular formula is C8H13N3O2S. The summed E-state index contributed by atoms with van der Waals surface area (Å²) in [5.41, 5.74) is 2.43. The molecule has 0 radical (unpaired) electrons. The number of nitrogen functional groups attached to an aromatic ring is 1. The van der Waals surface area contributed by atoms with Crippen molar-refractivity contribution < 1.29 is 10.2 Å². The van der Waals surface area contributed by atoms with Crippen molar-refractivity contribution >= 4 is 17.6 Å². The molecule has 0 saturated carbocycles. The van der Waals surface area contributed by atoms with Crippen molar-refractivity contribution in [2.24, 2.45) is 5.84 Å². The molecule has 0 spiro atoms. The summed E-state index contributed by atoms with van der Waals surface area (Å²) < 4.78 is 0. The van der Waals surface area contributed by atoms with Crippen LogP contribution in [0, 0.1) is 0 Å². The Morgan fingerprint density at radius 3 is 3.00 bits per heavy atom. The quantitative estimate of drug-likeness (QED) is 0.309. The predicted octanol–water partition coefficient (Wildman–Crippen LogP) is -0.187. The number of anilines is 1. The van der Waals surface area contributed by atoms with Crippen molar-refractivity contribution in [2.75, 3.05) is 17.8 Å². The van der Waals surface area contributed by atoms with E-state index in [9.17, 15) is 0 Å². The van der Waals surface area contributed by atoms with Crippen molar-refractivity contribution in [3.8, 4) is 0 Å². The van der Waals surface area contributed by atoms with Crippen LogP contribution in [-0.2, 0) is 0 Å². The predicted molar refractivity (Wildman–Crippen MR) is 55.9 cm³/mol. The number of aromatic nitrogens is 1. The van der Waals surface area contributed by atoms with Gasteiger partial charge in [-0.1, -0.05) is 6.07 Å². The molecule has 1 aromatic heterocycles. The van der Waals surface area contributed by atoms with Gasteiger partial charge < -0.3 is 15.6 Å². The molecule has 0 bridgehead atoms. The molecule has 0 fully saturated rings. The molecular weight excluding hydrogens is 202 g/mol. The van der Waals surface area contributed by atoms with Gasteiger partial charge in [-0.25, -0.2) is 10.8 Å². The van der Waals surface area contributed by atoms with Crippen LogP contribution in [0.4, 0.5) is 5.82 Å². The number of nitrogens with one attached hydrogen (secondary N) is 1. The second kappa shape index (κ2) is 5.82. The summed E-state index contributed by atoms with van der Waals surface area (Å²) in [6.07, 6.45) is -0.712. The molecule has 1 heterocycles. The fourth-order valence-electron chi connectivity index (χ4n) is 0.810. The van der Waals surface area contributed by atoms with Crippen LogP contribution in [0.3, 0.4) is 0 Å². The van der Waals surface area contributed by atoms with E-state index in [1.54, 1.807) is 6.07 Å². The summed E-state index contributed by atoms with van der Waals surface area (Å²) in [7, 11) is 0. The van der Waals surface area contributed by atoms with E-state index in [4.69, 9.17) is 16.1 Å². The Labute approximate surface area is 86.3 Å². The number of thioether (sulfide) groups is 1. The van der Waals surface area contributed by atoms with E-state index < -0.39 is 6.10 Å². The van der Waals surface area contributed by atoms with Gasteiger partial charge in [0.25, 0.3) is 0 Å². The molecule has 6 heteroatoms. The lowest BCUT2D eigenvalue weighted by Gasteiger charge is -2.06. The Morgan fingerprint density at radius 2 is 2.36 bits per heavy atom. The Hall–Kier alpha value is -0.820. The maximum Gasteiger partial charge on any atom is 0.141 e. The van der Waals surface area contributed by atoms with Crippen LogP contribution in [0.1, 0.15) is 0 Å². The summed E-state index contributed by atoms with van der Waals surface area (Å²) in [6, 6.07) is 5.37. The maximum absolute atomic E-state index is 9.11. The molecule has 1 atom stereocenters. The van der Waals surface area contributed by atoms with E-state index in [2.05, 4.69) is 10.4 Å². The molecule has 5 nitrogen and oxygen atoms in total. The number of aliphatic hydroxyl groups is 2. The van der Waals surface area contributed by atoms with Gasteiger partial charge in [-0.3, -0.25) is 0 Å². The van der Waals surface area contributed by atoms with Gasteiger partial charge in [-0.05, 0) is 12.1 Å². The van der Waals surface area contributed by atoms with Gasteiger partial charge in [0.1, 0.15) is 5.82 Å². The highest BCUT2D eigenvalue weighted by molar-refractivity contribution is 7.99. The number of hydrogen-bond acceptors (Lipinski definition) is 6. The third-order valence-corrected chi connectivity index (χ3v) is 2.58. The molecule has 0 aromatic carbocycles. The third kappa shape index (κ3) is 3.51.